The molecule has 1 aliphatic heterocycles. The molecule has 1 aromatic rings. The highest BCUT2D eigenvalue weighted by Crippen LogP contribution is 2.27. The van der Waals surface area contributed by atoms with E-state index in [1.165, 1.54) is 0 Å². The van der Waals surface area contributed by atoms with Crippen molar-refractivity contribution in [2.45, 2.75) is 39.7 Å². The van der Waals surface area contributed by atoms with E-state index in [1.807, 2.05) is 32.8 Å². The molecule has 2 heterocycles. The monoisotopic (exact) mass is 336 g/mol. The van der Waals surface area contributed by atoms with E-state index in [0.29, 0.717) is 18.3 Å². The fourth-order valence-corrected chi connectivity index (χ4v) is 3.52. The molecule has 1 fully saturated rings. The summed E-state index contributed by atoms with van der Waals surface area (Å²) in [5.74, 6) is 2.05. The number of hydrogen-bond acceptors (Lipinski definition) is 5. The maximum Gasteiger partial charge on any atom is 0.222 e. The number of aromatic nitrogens is 1. The van der Waals surface area contributed by atoms with Crippen LogP contribution in [0.2, 0.25) is 0 Å². The van der Waals surface area contributed by atoms with Crippen molar-refractivity contribution in [3.8, 4) is 0 Å². The largest absolute Gasteiger partial charge is 0.360 e. The molecule has 1 N–H and O–H groups in total. The predicted molar refractivity (Wildman–Crippen MR) is 94.6 cm³/mol. The molecule has 136 valence electrons. The summed E-state index contributed by atoms with van der Waals surface area (Å²) in [6.45, 7) is 8.39. The first-order chi connectivity index (χ1) is 11.5. The number of carbonyl (C=O) groups excluding carboxylic acids is 1. The molecule has 0 aliphatic carbocycles. The van der Waals surface area contributed by atoms with Gasteiger partial charge in [-0.2, -0.15) is 0 Å². The molecule has 0 bridgehead atoms. The lowest BCUT2D eigenvalue weighted by atomic mass is 9.81. The molecule has 1 aliphatic rings. The number of nitrogens with one attached hydrogen (secondary N) is 1. The Hall–Kier alpha value is -1.40. The molecule has 0 saturated carbocycles. The summed E-state index contributed by atoms with van der Waals surface area (Å²) in [6, 6.07) is 2.05. The Kier molecular flexibility index (Phi) is 7.24. The van der Waals surface area contributed by atoms with Gasteiger partial charge in [-0.1, -0.05) is 5.16 Å². The van der Waals surface area contributed by atoms with Crippen molar-refractivity contribution in [1.82, 2.24) is 20.3 Å². The van der Waals surface area contributed by atoms with Crippen LogP contribution < -0.4 is 5.32 Å². The van der Waals surface area contributed by atoms with E-state index in [4.69, 9.17) is 4.52 Å². The maximum absolute atomic E-state index is 12.5. The molecule has 2 atom stereocenters. The van der Waals surface area contributed by atoms with Crippen LogP contribution in [0, 0.1) is 11.8 Å². The first-order valence-corrected chi connectivity index (χ1v) is 9.11. The molecule has 0 spiro atoms. The normalized spacial score (nSPS) is 21.2. The minimum atomic E-state index is 0.283. The summed E-state index contributed by atoms with van der Waals surface area (Å²) in [4.78, 5) is 16.5. The van der Waals surface area contributed by atoms with Gasteiger partial charge in [-0.3, -0.25) is 4.79 Å². The SMILES string of the molecule is CCN(CC)C(=O)C[C@H]1CCNC[C@@H]1Cc1cc(CN(C)C)on1. The zero-order chi connectivity index (χ0) is 17.5. The van der Waals surface area contributed by atoms with E-state index >= 15 is 0 Å². The number of nitrogens with zero attached hydrogens (tertiary/aromatic N) is 3. The summed E-state index contributed by atoms with van der Waals surface area (Å²) in [7, 11) is 4.03. The number of hydrogen-bond donors (Lipinski definition) is 1. The first kappa shape index (κ1) is 18.9. The van der Waals surface area contributed by atoms with Gasteiger partial charge >= 0.3 is 0 Å². The van der Waals surface area contributed by atoms with E-state index < -0.39 is 0 Å². The quantitative estimate of drug-likeness (QED) is 0.784. The van der Waals surface area contributed by atoms with E-state index in [-0.39, 0.29) is 5.91 Å². The van der Waals surface area contributed by atoms with Crippen LogP contribution in [0.5, 0.6) is 0 Å². The van der Waals surface area contributed by atoms with Crippen LogP contribution in [0.4, 0.5) is 0 Å². The lowest BCUT2D eigenvalue weighted by Gasteiger charge is -2.32. The standard InChI is InChI=1S/C18H32N4O2/c1-5-22(6-2)18(23)10-14-7-8-19-12-15(14)9-16-11-17(24-20-16)13-21(3)4/h11,14-15,19H,5-10,12-13H2,1-4H3/t14-,15+/m1/s1. The molecular weight excluding hydrogens is 304 g/mol. The van der Waals surface area contributed by atoms with Crippen LogP contribution in [0.3, 0.4) is 0 Å². The van der Waals surface area contributed by atoms with Crippen molar-refractivity contribution in [2.24, 2.45) is 11.8 Å². The fraction of sp³-hybridized carbons (Fsp3) is 0.778. The van der Waals surface area contributed by atoms with Gasteiger partial charge in [0.2, 0.25) is 5.91 Å². The Balaban J connectivity index is 1.96. The highest BCUT2D eigenvalue weighted by atomic mass is 16.5. The molecule has 24 heavy (non-hydrogen) atoms. The van der Waals surface area contributed by atoms with Crippen molar-refractivity contribution < 1.29 is 9.32 Å². The van der Waals surface area contributed by atoms with Gasteiger partial charge in [-0.05, 0) is 65.7 Å². The summed E-state index contributed by atoms with van der Waals surface area (Å²) >= 11 is 0. The Morgan fingerprint density at radius 2 is 2.08 bits per heavy atom. The van der Waals surface area contributed by atoms with Crippen molar-refractivity contribution in [3.63, 3.8) is 0 Å². The van der Waals surface area contributed by atoms with E-state index in [1.54, 1.807) is 0 Å². The third-order valence-electron chi connectivity index (χ3n) is 4.87. The second-order valence-corrected chi connectivity index (χ2v) is 7.01. The molecule has 0 radical (unpaired) electrons. The van der Waals surface area contributed by atoms with Crippen LogP contribution in [0.25, 0.3) is 0 Å². The molecule has 1 saturated heterocycles. The van der Waals surface area contributed by atoms with E-state index in [2.05, 4.69) is 21.4 Å². The maximum atomic E-state index is 12.5. The lowest BCUT2D eigenvalue weighted by molar-refractivity contribution is -0.132. The van der Waals surface area contributed by atoms with Crippen molar-refractivity contribution in [1.29, 1.82) is 0 Å². The average Bonchev–Trinajstić information content (AvgIpc) is 2.96. The van der Waals surface area contributed by atoms with Crippen LogP contribution in [0.15, 0.2) is 10.6 Å². The topological polar surface area (TPSA) is 61.6 Å². The Labute approximate surface area is 145 Å². The van der Waals surface area contributed by atoms with Gasteiger partial charge in [-0.25, -0.2) is 0 Å². The fourth-order valence-electron chi connectivity index (χ4n) is 3.52. The van der Waals surface area contributed by atoms with Crippen LogP contribution >= 0.6 is 0 Å². The Morgan fingerprint density at radius 1 is 1.33 bits per heavy atom. The number of amides is 1. The summed E-state index contributed by atoms with van der Waals surface area (Å²) in [5, 5.41) is 7.68. The molecular formula is C18H32N4O2. The zero-order valence-electron chi connectivity index (χ0n) is 15.5. The molecule has 2 rings (SSSR count). The number of rotatable bonds is 8. The van der Waals surface area contributed by atoms with Gasteiger partial charge in [0.15, 0.2) is 5.76 Å². The van der Waals surface area contributed by atoms with E-state index in [9.17, 15) is 4.79 Å². The van der Waals surface area contributed by atoms with Gasteiger partial charge in [0, 0.05) is 25.6 Å². The number of piperidine rings is 1. The average molecular weight is 336 g/mol. The van der Waals surface area contributed by atoms with Crippen LogP contribution in [-0.4, -0.2) is 61.1 Å². The highest BCUT2D eigenvalue weighted by molar-refractivity contribution is 5.76. The molecule has 6 nitrogen and oxygen atoms in total. The third-order valence-corrected chi connectivity index (χ3v) is 4.87. The molecule has 1 amide bonds. The lowest BCUT2D eigenvalue weighted by Crippen LogP contribution is -2.41. The zero-order valence-corrected chi connectivity index (χ0v) is 15.5. The summed E-state index contributed by atoms with van der Waals surface area (Å²) in [5.41, 5.74) is 1.00. The van der Waals surface area contributed by atoms with Crippen molar-refractivity contribution in [3.05, 3.63) is 17.5 Å². The number of carbonyl (C=O) groups is 1. The third kappa shape index (κ3) is 5.31. The van der Waals surface area contributed by atoms with Crippen molar-refractivity contribution in [2.75, 3.05) is 40.3 Å². The highest BCUT2D eigenvalue weighted by Gasteiger charge is 2.29. The van der Waals surface area contributed by atoms with Gasteiger partial charge in [0.25, 0.3) is 0 Å². The summed E-state index contributed by atoms with van der Waals surface area (Å²) < 4.78 is 5.42. The van der Waals surface area contributed by atoms with Crippen molar-refractivity contribution >= 4 is 5.91 Å². The summed E-state index contributed by atoms with van der Waals surface area (Å²) in [6.07, 6.45) is 2.58. The van der Waals surface area contributed by atoms with Gasteiger partial charge < -0.3 is 19.6 Å². The first-order valence-electron chi connectivity index (χ1n) is 9.11. The second kappa shape index (κ2) is 9.18. The van der Waals surface area contributed by atoms with Gasteiger partial charge in [-0.15, -0.1) is 0 Å². The molecule has 1 aromatic heterocycles. The van der Waals surface area contributed by atoms with Crippen LogP contribution in [0.1, 0.15) is 38.1 Å². The Bertz CT molecular complexity index is 511. The predicted octanol–water partition coefficient (Wildman–Crippen LogP) is 1.76. The molecule has 0 aromatic carbocycles. The minimum absolute atomic E-state index is 0.283. The molecule has 6 heteroatoms. The second-order valence-electron chi connectivity index (χ2n) is 7.01. The van der Waals surface area contributed by atoms with Gasteiger partial charge in [0.1, 0.15) is 0 Å². The van der Waals surface area contributed by atoms with E-state index in [0.717, 1.165) is 57.0 Å². The minimum Gasteiger partial charge on any atom is -0.360 e. The Morgan fingerprint density at radius 3 is 2.75 bits per heavy atom. The van der Waals surface area contributed by atoms with Gasteiger partial charge in [0.05, 0.1) is 12.2 Å². The van der Waals surface area contributed by atoms with Crippen LogP contribution in [-0.2, 0) is 17.8 Å². The smallest absolute Gasteiger partial charge is 0.222 e. The molecule has 0 unspecified atom stereocenters.